The number of thioether (sulfide) groups is 1. The Hall–Kier alpha value is -2.26. The van der Waals surface area contributed by atoms with E-state index in [-0.39, 0.29) is 5.91 Å². The van der Waals surface area contributed by atoms with Crippen molar-refractivity contribution in [1.82, 2.24) is 0 Å². The summed E-state index contributed by atoms with van der Waals surface area (Å²) in [5.41, 5.74) is 2.07. The van der Waals surface area contributed by atoms with Gasteiger partial charge in [-0.1, -0.05) is 54.6 Å². The van der Waals surface area contributed by atoms with Crippen LogP contribution in [-0.4, -0.2) is 11.7 Å². The largest absolute Gasteiger partial charge is 0.325 e. The molecule has 0 saturated carbocycles. The van der Waals surface area contributed by atoms with E-state index in [9.17, 15) is 4.79 Å². The van der Waals surface area contributed by atoms with E-state index in [4.69, 9.17) is 0 Å². The van der Waals surface area contributed by atoms with E-state index in [1.807, 2.05) is 60.7 Å². The number of hydrogen-bond donors (Lipinski definition) is 1. The third-order valence-corrected chi connectivity index (χ3v) is 4.69. The number of nitrogens with one attached hydrogen (secondary N) is 1. The first-order valence-electron chi connectivity index (χ1n) is 7.20. The highest BCUT2D eigenvalue weighted by Crippen LogP contribution is 2.25. The monoisotopic (exact) mass is 307 g/mol. The topological polar surface area (TPSA) is 29.1 Å². The fourth-order valence-corrected chi connectivity index (χ4v) is 3.21. The van der Waals surface area contributed by atoms with Crippen molar-refractivity contribution < 1.29 is 4.79 Å². The van der Waals surface area contributed by atoms with Gasteiger partial charge in [-0.3, -0.25) is 4.79 Å². The Balaban J connectivity index is 1.70. The van der Waals surface area contributed by atoms with Crippen molar-refractivity contribution in [3.05, 3.63) is 72.3 Å². The predicted molar refractivity (Wildman–Crippen MR) is 94.5 cm³/mol. The van der Waals surface area contributed by atoms with Crippen molar-refractivity contribution in [3.63, 3.8) is 0 Å². The molecule has 0 fully saturated rings. The lowest BCUT2D eigenvalue weighted by Crippen LogP contribution is -2.14. The van der Waals surface area contributed by atoms with Crippen LogP contribution in [0, 0.1) is 6.92 Å². The molecule has 0 unspecified atom stereocenters. The van der Waals surface area contributed by atoms with Gasteiger partial charge in [-0.2, -0.15) is 0 Å². The summed E-state index contributed by atoms with van der Waals surface area (Å²) in [6.07, 6.45) is 0. The number of hydrogen-bond acceptors (Lipinski definition) is 2. The molecule has 0 bridgehead atoms. The minimum atomic E-state index is 0.0182. The fourth-order valence-electron chi connectivity index (χ4n) is 2.38. The van der Waals surface area contributed by atoms with Gasteiger partial charge < -0.3 is 5.32 Å². The molecule has 3 aromatic carbocycles. The Labute approximate surface area is 134 Å². The van der Waals surface area contributed by atoms with Crippen molar-refractivity contribution in [1.29, 1.82) is 0 Å². The molecule has 3 rings (SSSR count). The van der Waals surface area contributed by atoms with E-state index in [2.05, 4.69) is 18.3 Å². The summed E-state index contributed by atoms with van der Waals surface area (Å²) in [5, 5.41) is 5.21. The molecule has 2 nitrogen and oxygen atoms in total. The summed E-state index contributed by atoms with van der Waals surface area (Å²) in [6.45, 7) is 2.06. The second kappa shape index (κ2) is 6.67. The lowest BCUT2D eigenvalue weighted by molar-refractivity contribution is -0.113. The van der Waals surface area contributed by atoms with Crippen molar-refractivity contribution in [2.45, 2.75) is 11.8 Å². The van der Waals surface area contributed by atoms with E-state index >= 15 is 0 Å². The quantitative estimate of drug-likeness (QED) is 0.696. The van der Waals surface area contributed by atoms with E-state index in [0.717, 1.165) is 21.4 Å². The average Bonchev–Trinajstić information content (AvgIpc) is 2.54. The van der Waals surface area contributed by atoms with Crippen LogP contribution in [-0.2, 0) is 4.79 Å². The van der Waals surface area contributed by atoms with E-state index < -0.39 is 0 Å². The van der Waals surface area contributed by atoms with E-state index in [1.54, 1.807) is 11.8 Å². The number of carbonyl (C=O) groups excluding carboxylic acids is 1. The minimum absolute atomic E-state index is 0.0182. The van der Waals surface area contributed by atoms with Crippen LogP contribution in [0.5, 0.6) is 0 Å². The molecule has 0 aliphatic heterocycles. The molecule has 0 radical (unpaired) electrons. The van der Waals surface area contributed by atoms with Crippen LogP contribution in [0.2, 0.25) is 0 Å². The summed E-state index contributed by atoms with van der Waals surface area (Å²) in [5.74, 6) is 0.429. The highest BCUT2D eigenvalue weighted by atomic mass is 32.2. The van der Waals surface area contributed by atoms with Crippen LogP contribution in [0.15, 0.2) is 71.6 Å². The molecule has 0 aliphatic rings. The third-order valence-electron chi connectivity index (χ3n) is 3.52. The van der Waals surface area contributed by atoms with Crippen LogP contribution in [0.4, 0.5) is 5.69 Å². The first kappa shape index (κ1) is 14.7. The van der Waals surface area contributed by atoms with Gasteiger partial charge in [0.15, 0.2) is 0 Å². The van der Waals surface area contributed by atoms with E-state index in [0.29, 0.717) is 5.75 Å². The maximum Gasteiger partial charge on any atom is 0.234 e. The van der Waals surface area contributed by atoms with Crippen LogP contribution in [0.3, 0.4) is 0 Å². The lowest BCUT2D eigenvalue weighted by atomic mass is 10.1. The zero-order chi connectivity index (χ0) is 15.4. The summed E-state index contributed by atoms with van der Waals surface area (Å²) in [7, 11) is 0. The Morgan fingerprint density at radius 1 is 0.955 bits per heavy atom. The van der Waals surface area contributed by atoms with Gasteiger partial charge in [0, 0.05) is 16.0 Å². The Morgan fingerprint density at radius 3 is 2.55 bits per heavy atom. The number of carbonyl (C=O) groups is 1. The van der Waals surface area contributed by atoms with Gasteiger partial charge >= 0.3 is 0 Å². The number of amides is 1. The van der Waals surface area contributed by atoms with E-state index in [1.165, 1.54) is 5.56 Å². The number of rotatable bonds is 4. The van der Waals surface area contributed by atoms with Crippen molar-refractivity contribution >= 4 is 34.1 Å². The smallest absolute Gasteiger partial charge is 0.234 e. The molecule has 22 heavy (non-hydrogen) atoms. The summed E-state index contributed by atoms with van der Waals surface area (Å²) >= 11 is 1.57. The number of anilines is 1. The second-order valence-corrected chi connectivity index (χ2v) is 6.15. The SMILES string of the molecule is Cc1ccccc1SCC(=O)Nc1cccc2ccccc12. The molecule has 0 aliphatic carbocycles. The maximum atomic E-state index is 12.2. The molecule has 0 atom stereocenters. The van der Waals surface area contributed by atoms with Gasteiger partial charge in [0.2, 0.25) is 5.91 Å². The highest BCUT2D eigenvalue weighted by Gasteiger charge is 2.07. The van der Waals surface area contributed by atoms with Gasteiger partial charge in [-0.05, 0) is 30.0 Å². The highest BCUT2D eigenvalue weighted by molar-refractivity contribution is 8.00. The standard InChI is InChI=1S/C19H17NOS/c1-14-7-2-5-12-18(14)22-13-19(21)20-17-11-6-9-15-8-3-4-10-16(15)17/h2-12H,13H2,1H3,(H,20,21). The van der Waals surface area contributed by atoms with Crippen molar-refractivity contribution in [3.8, 4) is 0 Å². The van der Waals surface area contributed by atoms with Crippen LogP contribution in [0.1, 0.15) is 5.56 Å². The Morgan fingerprint density at radius 2 is 1.68 bits per heavy atom. The average molecular weight is 307 g/mol. The Bertz CT molecular complexity index is 808. The zero-order valence-electron chi connectivity index (χ0n) is 12.4. The molecule has 0 aromatic heterocycles. The molecule has 0 saturated heterocycles. The van der Waals surface area contributed by atoms with Gasteiger partial charge in [-0.25, -0.2) is 0 Å². The third kappa shape index (κ3) is 3.31. The van der Waals surface area contributed by atoms with Gasteiger partial charge in [-0.15, -0.1) is 11.8 Å². The molecule has 3 heteroatoms. The van der Waals surface area contributed by atoms with Crippen LogP contribution in [0.25, 0.3) is 10.8 Å². The molecular formula is C19H17NOS. The lowest BCUT2D eigenvalue weighted by Gasteiger charge is -2.09. The van der Waals surface area contributed by atoms with Crippen LogP contribution < -0.4 is 5.32 Å². The van der Waals surface area contributed by atoms with Crippen molar-refractivity contribution in [2.75, 3.05) is 11.1 Å². The molecule has 110 valence electrons. The van der Waals surface area contributed by atoms with Crippen LogP contribution >= 0.6 is 11.8 Å². The first-order chi connectivity index (χ1) is 10.7. The van der Waals surface area contributed by atoms with Gasteiger partial charge in [0.25, 0.3) is 0 Å². The predicted octanol–water partition coefficient (Wildman–Crippen LogP) is 4.88. The molecule has 3 aromatic rings. The van der Waals surface area contributed by atoms with Crippen molar-refractivity contribution in [2.24, 2.45) is 0 Å². The molecule has 1 amide bonds. The Kier molecular flexibility index (Phi) is 4.45. The summed E-state index contributed by atoms with van der Waals surface area (Å²) in [4.78, 5) is 13.4. The molecule has 0 heterocycles. The second-order valence-electron chi connectivity index (χ2n) is 5.13. The van der Waals surface area contributed by atoms with Gasteiger partial charge in [0.1, 0.15) is 0 Å². The molecular weight excluding hydrogens is 290 g/mol. The maximum absolute atomic E-state index is 12.2. The zero-order valence-corrected chi connectivity index (χ0v) is 13.2. The summed E-state index contributed by atoms with van der Waals surface area (Å²) in [6, 6.07) is 22.1. The summed E-state index contributed by atoms with van der Waals surface area (Å²) < 4.78 is 0. The normalized spacial score (nSPS) is 10.6. The molecule has 0 spiro atoms. The number of aryl methyl sites for hydroxylation is 1. The van der Waals surface area contributed by atoms with Gasteiger partial charge in [0.05, 0.1) is 5.75 Å². The number of fused-ring (bicyclic) bond motifs is 1. The number of benzene rings is 3. The fraction of sp³-hybridized carbons (Fsp3) is 0.105. The first-order valence-corrected chi connectivity index (χ1v) is 8.18. The minimum Gasteiger partial charge on any atom is -0.325 e. The molecule has 1 N–H and O–H groups in total.